The fourth-order valence-corrected chi connectivity index (χ4v) is 2.02. The summed E-state index contributed by atoms with van der Waals surface area (Å²) in [5.74, 6) is 0.818. The molecular formula is C12H18N4NaO3. The molecule has 0 saturated carbocycles. The number of aromatic amines is 1. The van der Waals surface area contributed by atoms with Crippen LogP contribution in [0.3, 0.4) is 0 Å². The van der Waals surface area contributed by atoms with Gasteiger partial charge >= 0.3 is 5.69 Å². The Balaban J connectivity index is 0.00000200. The molecule has 2 rings (SSSR count). The van der Waals surface area contributed by atoms with Crippen LogP contribution in [-0.4, -0.2) is 55.8 Å². The van der Waals surface area contributed by atoms with Crippen molar-refractivity contribution in [1.29, 1.82) is 0 Å². The second-order valence-electron chi connectivity index (χ2n) is 4.97. The monoisotopic (exact) mass is 289 g/mol. The number of H-pyrrole nitrogens is 1. The van der Waals surface area contributed by atoms with Gasteiger partial charge < -0.3 is 9.72 Å². The smallest absolute Gasteiger partial charge is 0.332 e. The van der Waals surface area contributed by atoms with Crippen molar-refractivity contribution >= 4 is 40.7 Å². The molecule has 0 aliphatic carbocycles. The number of nitrogens with one attached hydrogen (secondary N) is 1. The SMILES string of the molecule is COCc1nc2c([nH]1)c(=O)n(C)c(=O)n2CC(C)C.[Na]. The number of imidazole rings is 1. The second kappa shape index (κ2) is 6.71. The zero-order valence-corrected chi connectivity index (χ0v) is 14.6. The van der Waals surface area contributed by atoms with Gasteiger partial charge in [0.1, 0.15) is 17.9 Å². The van der Waals surface area contributed by atoms with Crippen LogP contribution in [0.4, 0.5) is 0 Å². The first-order valence-corrected chi connectivity index (χ1v) is 6.13. The molecule has 0 spiro atoms. The average Bonchev–Trinajstić information content (AvgIpc) is 2.76. The van der Waals surface area contributed by atoms with Crippen LogP contribution in [0.5, 0.6) is 0 Å². The van der Waals surface area contributed by atoms with E-state index < -0.39 is 0 Å². The van der Waals surface area contributed by atoms with Crippen LogP contribution in [0, 0.1) is 5.92 Å². The first-order valence-electron chi connectivity index (χ1n) is 6.13. The molecular weight excluding hydrogens is 271 g/mol. The third kappa shape index (κ3) is 3.06. The second-order valence-corrected chi connectivity index (χ2v) is 4.97. The van der Waals surface area contributed by atoms with Crippen LogP contribution in [0.25, 0.3) is 11.2 Å². The summed E-state index contributed by atoms with van der Waals surface area (Å²) < 4.78 is 7.61. The molecule has 0 aliphatic heterocycles. The normalized spacial score (nSPS) is 11.1. The molecule has 0 fully saturated rings. The van der Waals surface area contributed by atoms with Gasteiger partial charge in [-0.25, -0.2) is 9.78 Å². The van der Waals surface area contributed by atoms with Crippen molar-refractivity contribution in [2.45, 2.75) is 27.0 Å². The molecule has 0 unspecified atom stereocenters. The van der Waals surface area contributed by atoms with E-state index >= 15 is 0 Å². The zero-order chi connectivity index (χ0) is 14.2. The number of ether oxygens (including phenoxy) is 1. The molecule has 0 atom stereocenters. The summed E-state index contributed by atoms with van der Waals surface area (Å²) in [6.45, 7) is 4.80. The topological polar surface area (TPSA) is 81.9 Å². The summed E-state index contributed by atoms with van der Waals surface area (Å²) >= 11 is 0. The summed E-state index contributed by atoms with van der Waals surface area (Å²) in [4.78, 5) is 31.4. The fraction of sp³-hybridized carbons (Fsp3) is 0.583. The fourth-order valence-electron chi connectivity index (χ4n) is 2.02. The van der Waals surface area contributed by atoms with E-state index in [9.17, 15) is 9.59 Å². The Bertz CT molecular complexity index is 714. The predicted molar refractivity (Wildman–Crippen MR) is 76.9 cm³/mol. The summed E-state index contributed by atoms with van der Waals surface area (Å²) in [5, 5.41) is 0. The van der Waals surface area contributed by atoms with E-state index in [2.05, 4.69) is 9.97 Å². The third-order valence-electron chi connectivity index (χ3n) is 2.85. The van der Waals surface area contributed by atoms with Crippen LogP contribution < -0.4 is 11.2 Å². The number of nitrogens with zero attached hydrogens (tertiary/aromatic N) is 3. The number of rotatable bonds is 4. The summed E-state index contributed by atoms with van der Waals surface area (Å²) in [7, 11) is 3.02. The van der Waals surface area contributed by atoms with Gasteiger partial charge in [0.05, 0.1) is 0 Å². The molecule has 105 valence electrons. The van der Waals surface area contributed by atoms with Crippen LogP contribution >= 0.6 is 0 Å². The van der Waals surface area contributed by atoms with Crippen molar-refractivity contribution in [3.63, 3.8) is 0 Å². The Labute approximate surface area is 138 Å². The third-order valence-corrected chi connectivity index (χ3v) is 2.85. The Kier molecular flexibility index (Phi) is 5.76. The zero-order valence-electron chi connectivity index (χ0n) is 12.6. The van der Waals surface area contributed by atoms with Crippen molar-refractivity contribution < 1.29 is 4.74 Å². The Morgan fingerprint density at radius 1 is 1.35 bits per heavy atom. The molecule has 20 heavy (non-hydrogen) atoms. The van der Waals surface area contributed by atoms with E-state index in [0.29, 0.717) is 23.5 Å². The molecule has 2 aromatic heterocycles. The van der Waals surface area contributed by atoms with Crippen LogP contribution in [-0.2, 0) is 24.9 Å². The molecule has 2 heterocycles. The summed E-state index contributed by atoms with van der Waals surface area (Å²) in [5.41, 5.74) is 0.0279. The van der Waals surface area contributed by atoms with Gasteiger partial charge in [-0.2, -0.15) is 0 Å². The van der Waals surface area contributed by atoms with E-state index in [0.717, 1.165) is 4.57 Å². The molecule has 1 radical (unpaired) electrons. The van der Waals surface area contributed by atoms with Crippen molar-refractivity contribution in [3.05, 3.63) is 26.7 Å². The first kappa shape index (κ1) is 17.2. The number of methoxy groups -OCH3 is 1. The Morgan fingerprint density at radius 3 is 2.55 bits per heavy atom. The number of aromatic nitrogens is 4. The maximum atomic E-state index is 12.1. The quantitative estimate of drug-likeness (QED) is 0.793. The first-order chi connectivity index (χ1) is 8.95. The molecule has 0 aliphatic rings. The summed E-state index contributed by atoms with van der Waals surface area (Å²) in [6.07, 6.45) is 0. The van der Waals surface area contributed by atoms with Gasteiger partial charge in [0.25, 0.3) is 5.56 Å². The minimum atomic E-state index is -0.366. The number of hydrogen-bond donors (Lipinski definition) is 1. The average molecular weight is 289 g/mol. The van der Waals surface area contributed by atoms with E-state index in [1.165, 1.54) is 11.6 Å². The number of hydrogen-bond acceptors (Lipinski definition) is 4. The maximum absolute atomic E-state index is 12.1. The largest absolute Gasteiger partial charge is 0.377 e. The minimum Gasteiger partial charge on any atom is -0.377 e. The van der Waals surface area contributed by atoms with Crippen molar-refractivity contribution in [2.75, 3.05) is 7.11 Å². The van der Waals surface area contributed by atoms with Gasteiger partial charge in [0.15, 0.2) is 5.65 Å². The van der Waals surface area contributed by atoms with Crippen LogP contribution in [0.1, 0.15) is 19.7 Å². The molecule has 0 bridgehead atoms. The van der Waals surface area contributed by atoms with Crippen molar-refractivity contribution in [2.24, 2.45) is 13.0 Å². The Morgan fingerprint density at radius 2 is 2.00 bits per heavy atom. The standard InChI is InChI=1S/C12H18N4O3.Na/c1-7(2)5-16-10-9(11(17)15(3)12(16)18)13-8(14-10)6-19-4;/h7H,5-6H2,1-4H3,(H,13,14);. The van der Waals surface area contributed by atoms with Gasteiger partial charge in [-0.15, -0.1) is 0 Å². The van der Waals surface area contributed by atoms with E-state index in [1.807, 2.05) is 13.8 Å². The van der Waals surface area contributed by atoms with E-state index in [4.69, 9.17) is 4.74 Å². The Hall–Kier alpha value is -0.890. The summed E-state index contributed by atoms with van der Waals surface area (Å²) in [6, 6.07) is 0. The molecule has 0 amide bonds. The molecule has 0 aromatic carbocycles. The molecule has 7 nitrogen and oxygen atoms in total. The van der Waals surface area contributed by atoms with Crippen LogP contribution in [0.2, 0.25) is 0 Å². The molecule has 8 heteroatoms. The maximum Gasteiger partial charge on any atom is 0.332 e. The van der Waals surface area contributed by atoms with Gasteiger partial charge in [-0.05, 0) is 5.92 Å². The van der Waals surface area contributed by atoms with E-state index in [1.54, 1.807) is 7.11 Å². The van der Waals surface area contributed by atoms with Crippen molar-refractivity contribution in [1.82, 2.24) is 19.1 Å². The predicted octanol–water partition coefficient (Wildman–Crippen LogP) is -0.155. The van der Waals surface area contributed by atoms with Crippen LogP contribution in [0.15, 0.2) is 9.59 Å². The van der Waals surface area contributed by atoms with Gasteiger partial charge in [0, 0.05) is 50.3 Å². The van der Waals surface area contributed by atoms with E-state index in [-0.39, 0.29) is 53.3 Å². The van der Waals surface area contributed by atoms with Gasteiger partial charge in [-0.1, -0.05) is 13.8 Å². The van der Waals surface area contributed by atoms with Gasteiger partial charge in [-0.3, -0.25) is 13.9 Å². The minimum absolute atomic E-state index is 0. The number of fused-ring (bicyclic) bond motifs is 1. The molecule has 2 aromatic rings. The van der Waals surface area contributed by atoms with Gasteiger partial charge in [0.2, 0.25) is 0 Å². The molecule has 1 N–H and O–H groups in total. The molecule has 0 saturated heterocycles. The van der Waals surface area contributed by atoms with Crippen molar-refractivity contribution in [3.8, 4) is 0 Å².